The van der Waals surface area contributed by atoms with E-state index in [9.17, 15) is 10.2 Å². The van der Waals surface area contributed by atoms with Crippen LogP contribution in [0.5, 0.6) is 0 Å². The fraction of sp³-hybridized carbons (Fsp3) is 0.818. The smallest absolute Gasteiger partial charge is 0.0798 e. The minimum Gasteiger partial charge on any atom is -0.396 e. The van der Waals surface area contributed by atoms with Gasteiger partial charge in [0.15, 0.2) is 0 Å². The number of hydrogen-bond acceptors (Lipinski definition) is 2. The first-order chi connectivity index (χ1) is 6.25. The number of rotatable bonds is 3. The second kappa shape index (κ2) is 4.77. The van der Waals surface area contributed by atoms with Gasteiger partial charge in [0.2, 0.25) is 0 Å². The molecule has 0 bridgehead atoms. The van der Waals surface area contributed by atoms with Crippen molar-refractivity contribution in [3.8, 4) is 0 Å². The Balaban J connectivity index is 2.66. The number of allylic oxidation sites excluding steroid dienone is 1. The summed E-state index contributed by atoms with van der Waals surface area (Å²) in [7, 11) is 0. The van der Waals surface area contributed by atoms with Crippen LogP contribution in [0.3, 0.4) is 0 Å². The molecule has 2 N–H and O–H groups in total. The van der Waals surface area contributed by atoms with Gasteiger partial charge in [-0.05, 0) is 19.8 Å². The second-order valence-electron chi connectivity index (χ2n) is 4.05. The zero-order valence-corrected chi connectivity index (χ0v) is 8.37. The third-order valence-corrected chi connectivity index (χ3v) is 3.17. The molecule has 1 unspecified atom stereocenters. The molecule has 0 amide bonds. The maximum absolute atomic E-state index is 9.88. The molecule has 2 nitrogen and oxygen atoms in total. The van der Waals surface area contributed by atoms with E-state index in [1.807, 2.05) is 13.0 Å². The molecule has 1 atom stereocenters. The Morgan fingerprint density at radius 3 is 2.38 bits per heavy atom. The van der Waals surface area contributed by atoms with Crippen LogP contribution in [0.2, 0.25) is 0 Å². The highest BCUT2D eigenvalue weighted by Gasteiger charge is 2.36. The van der Waals surface area contributed by atoms with Crippen LogP contribution >= 0.6 is 0 Å². The Labute approximate surface area is 80.3 Å². The van der Waals surface area contributed by atoms with Crippen molar-refractivity contribution in [3.05, 3.63) is 12.2 Å². The summed E-state index contributed by atoms with van der Waals surface area (Å²) in [6.07, 6.45) is 8.60. The monoisotopic (exact) mass is 184 g/mol. The number of aliphatic hydroxyl groups is 2. The maximum Gasteiger partial charge on any atom is 0.0798 e. The molecule has 0 aliphatic heterocycles. The van der Waals surface area contributed by atoms with Gasteiger partial charge in [-0.3, -0.25) is 0 Å². The molecule has 1 aliphatic rings. The number of aliphatic hydroxyl groups excluding tert-OH is 2. The average Bonchev–Trinajstić information content (AvgIpc) is 2.19. The highest BCUT2D eigenvalue weighted by Crippen LogP contribution is 2.39. The van der Waals surface area contributed by atoms with Gasteiger partial charge in [-0.15, -0.1) is 0 Å². The molecule has 0 saturated heterocycles. The normalized spacial score (nSPS) is 24.8. The summed E-state index contributed by atoms with van der Waals surface area (Å²) < 4.78 is 0. The van der Waals surface area contributed by atoms with Crippen molar-refractivity contribution in [2.75, 3.05) is 6.61 Å². The van der Waals surface area contributed by atoms with Crippen molar-refractivity contribution in [3.63, 3.8) is 0 Å². The Morgan fingerprint density at radius 1 is 1.31 bits per heavy atom. The third kappa shape index (κ3) is 2.32. The van der Waals surface area contributed by atoms with Crippen molar-refractivity contribution >= 4 is 0 Å². The molecular weight excluding hydrogens is 164 g/mol. The Kier molecular flexibility index (Phi) is 3.94. The minimum absolute atomic E-state index is 0.110. The molecule has 0 radical (unpaired) electrons. The molecular formula is C11H20O2. The average molecular weight is 184 g/mol. The van der Waals surface area contributed by atoms with Crippen LogP contribution in [0.25, 0.3) is 0 Å². The predicted molar refractivity (Wildman–Crippen MR) is 53.4 cm³/mol. The van der Waals surface area contributed by atoms with Crippen molar-refractivity contribution in [1.82, 2.24) is 0 Å². The topological polar surface area (TPSA) is 40.5 Å². The Morgan fingerprint density at radius 2 is 1.92 bits per heavy atom. The van der Waals surface area contributed by atoms with E-state index in [1.54, 1.807) is 6.08 Å². The SMILES string of the molecule is C/C=C/C(O)C1(CO)CCCCC1. The van der Waals surface area contributed by atoms with Crippen LogP contribution in [0.4, 0.5) is 0 Å². The van der Waals surface area contributed by atoms with Gasteiger partial charge in [-0.2, -0.15) is 0 Å². The van der Waals surface area contributed by atoms with Gasteiger partial charge < -0.3 is 10.2 Å². The molecule has 0 spiro atoms. The first kappa shape index (κ1) is 10.7. The molecule has 1 saturated carbocycles. The van der Waals surface area contributed by atoms with Gasteiger partial charge >= 0.3 is 0 Å². The third-order valence-electron chi connectivity index (χ3n) is 3.17. The van der Waals surface area contributed by atoms with E-state index in [4.69, 9.17) is 0 Å². The van der Waals surface area contributed by atoms with Gasteiger partial charge in [0.1, 0.15) is 0 Å². The number of hydrogen-bond donors (Lipinski definition) is 2. The zero-order valence-electron chi connectivity index (χ0n) is 8.37. The largest absolute Gasteiger partial charge is 0.396 e. The van der Waals surface area contributed by atoms with Crippen LogP contribution in [-0.2, 0) is 0 Å². The first-order valence-electron chi connectivity index (χ1n) is 5.17. The van der Waals surface area contributed by atoms with E-state index in [0.717, 1.165) is 25.7 Å². The van der Waals surface area contributed by atoms with E-state index < -0.39 is 6.10 Å². The van der Waals surface area contributed by atoms with Gasteiger partial charge in [0.25, 0.3) is 0 Å². The van der Waals surface area contributed by atoms with Crippen LogP contribution in [0.15, 0.2) is 12.2 Å². The van der Waals surface area contributed by atoms with E-state index in [1.165, 1.54) is 6.42 Å². The fourth-order valence-electron chi connectivity index (χ4n) is 2.19. The summed E-state index contributed by atoms with van der Waals surface area (Å²) in [6, 6.07) is 0. The molecule has 76 valence electrons. The van der Waals surface area contributed by atoms with Crippen LogP contribution in [0.1, 0.15) is 39.0 Å². The second-order valence-corrected chi connectivity index (χ2v) is 4.05. The summed E-state index contributed by atoms with van der Waals surface area (Å²) in [5.74, 6) is 0. The lowest BCUT2D eigenvalue weighted by Gasteiger charge is -2.38. The molecule has 13 heavy (non-hydrogen) atoms. The van der Waals surface area contributed by atoms with E-state index >= 15 is 0 Å². The molecule has 0 heterocycles. The highest BCUT2D eigenvalue weighted by atomic mass is 16.3. The maximum atomic E-state index is 9.88. The zero-order chi connectivity index (χ0) is 9.73. The van der Waals surface area contributed by atoms with Crippen LogP contribution in [-0.4, -0.2) is 22.9 Å². The molecule has 0 aromatic heterocycles. The quantitative estimate of drug-likeness (QED) is 0.657. The predicted octanol–water partition coefficient (Wildman–Crippen LogP) is 1.87. The lowest BCUT2D eigenvalue weighted by atomic mass is 9.70. The lowest BCUT2D eigenvalue weighted by Crippen LogP contribution is -2.39. The standard InChI is InChI=1S/C11H20O2/c1-2-6-10(13)11(9-12)7-4-3-5-8-11/h2,6,10,12-13H,3-5,7-9H2,1H3/b6-2+. The van der Waals surface area contributed by atoms with E-state index in [-0.39, 0.29) is 12.0 Å². The summed E-state index contributed by atoms with van der Waals surface area (Å²) in [5, 5.41) is 19.2. The minimum atomic E-state index is -0.470. The van der Waals surface area contributed by atoms with Gasteiger partial charge in [-0.1, -0.05) is 31.4 Å². The molecule has 1 rings (SSSR count). The molecule has 1 fully saturated rings. The summed E-state index contributed by atoms with van der Waals surface area (Å²) in [5.41, 5.74) is -0.245. The summed E-state index contributed by atoms with van der Waals surface area (Å²) >= 11 is 0. The van der Waals surface area contributed by atoms with Crippen molar-refractivity contribution in [1.29, 1.82) is 0 Å². The van der Waals surface area contributed by atoms with Gasteiger partial charge in [0, 0.05) is 5.41 Å². The highest BCUT2D eigenvalue weighted by molar-refractivity contribution is 4.99. The molecule has 0 aromatic carbocycles. The fourth-order valence-corrected chi connectivity index (χ4v) is 2.19. The van der Waals surface area contributed by atoms with Crippen molar-refractivity contribution < 1.29 is 10.2 Å². The van der Waals surface area contributed by atoms with Gasteiger partial charge in [-0.25, -0.2) is 0 Å². The van der Waals surface area contributed by atoms with Crippen molar-refractivity contribution in [2.45, 2.75) is 45.1 Å². The van der Waals surface area contributed by atoms with Gasteiger partial charge in [0.05, 0.1) is 12.7 Å². The van der Waals surface area contributed by atoms with E-state index in [0.29, 0.717) is 0 Å². The molecule has 0 aromatic rings. The van der Waals surface area contributed by atoms with Crippen LogP contribution < -0.4 is 0 Å². The van der Waals surface area contributed by atoms with Crippen molar-refractivity contribution in [2.24, 2.45) is 5.41 Å². The summed E-state index contributed by atoms with van der Waals surface area (Å²) in [6.45, 7) is 2.01. The first-order valence-corrected chi connectivity index (χ1v) is 5.17. The molecule has 1 aliphatic carbocycles. The Bertz CT molecular complexity index is 169. The Hall–Kier alpha value is -0.340. The lowest BCUT2D eigenvalue weighted by molar-refractivity contribution is -0.0171. The molecule has 2 heteroatoms. The van der Waals surface area contributed by atoms with Crippen LogP contribution in [0, 0.1) is 5.41 Å². The summed E-state index contributed by atoms with van der Waals surface area (Å²) in [4.78, 5) is 0. The van der Waals surface area contributed by atoms with E-state index in [2.05, 4.69) is 0 Å².